The zero-order valence-electron chi connectivity index (χ0n) is 11.8. The van der Waals surface area contributed by atoms with Gasteiger partial charge in [-0.3, -0.25) is 4.79 Å². The smallest absolute Gasteiger partial charge is 0.257 e. The summed E-state index contributed by atoms with van der Waals surface area (Å²) in [5.41, 5.74) is 1.80. The van der Waals surface area contributed by atoms with Gasteiger partial charge in [-0.25, -0.2) is 0 Å². The van der Waals surface area contributed by atoms with E-state index in [2.05, 4.69) is 18.4 Å². The highest BCUT2D eigenvalue weighted by atomic mass is 32.1. The van der Waals surface area contributed by atoms with Gasteiger partial charge in [-0.1, -0.05) is 19.1 Å². The summed E-state index contributed by atoms with van der Waals surface area (Å²) in [6.07, 6.45) is 0.936. The molecule has 1 aromatic carbocycles. The Morgan fingerprint density at radius 2 is 2.10 bits per heavy atom. The topological polar surface area (TPSA) is 29.5 Å². The lowest BCUT2D eigenvalue weighted by molar-refractivity contribution is 0.0740. The van der Waals surface area contributed by atoms with Crippen molar-refractivity contribution in [2.75, 3.05) is 13.7 Å². The SMILES string of the molecule is CCCN(Cc1ccsc1)C(=O)c1ccccc1OC. The largest absolute Gasteiger partial charge is 0.496 e. The summed E-state index contributed by atoms with van der Waals surface area (Å²) >= 11 is 1.65. The second-order valence-corrected chi connectivity index (χ2v) is 5.34. The van der Waals surface area contributed by atoms with Crippen molar-refractivity contribution in [1.29, 1.82) is 0 Å². The zero-order chi connectivity index (χ0) is 14.4. The minimum atomic E-state index is 0.0236. The second-order valence-electron chi connectivity index (χ2n) is 4.56. The van der Waals surface area contributed by atoms with Crippen molar-refractivity contribution in [3.8, 4) is 5.75 Å². The van der Waals surface area contributed by atoms with Crippen LogP contribution in [0.15, 0.2) is 41.1 Å². The van der Waals surface area contributed by atoms with Crippen molar-refractivity contribution in [3.63, 3.8) is 0 Å². The molecule has 0 aliphatic carbocycles. The van der Waals surface area contributed by atoms with Gasteiger partial charge >= 0.3 is 0 Å². The van der Waals surface area contributed by atoms with Crippen LogP contribution in [-0.4, -0.2) is 24.5 Å². The van der Waals surface area contributed by atoms with Gasteiger partial charge in [0.05, 0.1) is 12.7 Å². The molecule has 106 valence electrons. The molecule has 2 aromatic rings. The van der Waals surface area contributed by atoms with Crippen LogP contribution in [0.5, 0.6) is 5.75 Å². The first-order chi connectivity index (χ1) is 9.76. The molecule has 0 aliphatic rings. The molecule has 2 rings (SSSR count). The third-order valence-electron chi connectivity index (χ3n) is 3.07. The highest BCUT2D eigenvalue weighted by Crippen LogP contribution is 2.21. The molecule has 0 spiro atoms. The third kappa shape index (κ3) is 3.39. The molecule has 4 heteroatoms. The Morgan fingerprint density at radius 1 is 1.30 bits per heavy atom. The fraction of sp³-hybridized carbons (Fsp3) is 0.312. The van der Waals surface area contributed by atoms with Crippen molar-refractivity contribution < 1.29 is 9.53 Å². The van der Waals surface area contributed by atoms with E-state index in [1.807, 2.05) is 34.5 Å². The number of hydrogen-bond donors (Lipinski definition) is 0. The summed E-state index contributed by atoms with van der Waals surface area (Å²) in [4.78, 5) is 14.6. The fourth-order valence-corrected chi connectivity index (χ4v) is 2.78. The van der Waals surface area contributed by atoms with E-state index in [4.69, 9.17) is 4.74 Å². The number of para-hydroxylation sites is 1. The summed E-state index contributed by atoms with van der Waals surface area (Å²) in [5.74, 6) is 0.652. The lowest BCUT2D eigenvalue weighted by atomic mass is 10.1. The van der Waals surface area contributed by atoms with Crippen LogP contribution in [0.25, 0.3) is 0 Å². The molecule has 0 fully saturated rings. The molecule has 0 saturated carbocycles. The van der Waals surface area contributed by atoms with Gasteiger partial charge in [0.15, 0.2) is 0 Å². The Morgan fingerprint density at radius 3 is 2.75 bits per heavy atom. The van der Waals surface area contributed by atoms with E-state index >= 15 is 0 Å². The molecule has 0 saturated heterocycles. The van der Waals surface area contributed by atoms with E-state index in [1.165, 1.54) is 5.56 Å². The molecule has 1 heterocycles. The highest BCUT2D eigenvalue weighted by molar-refractivity contribution is 7.07. The Kier molecular flexibility index (Phi) is 5.18. The van der Waals surface area contributed by atoms with Gasteiger partial charge in [0, 0.05) is 13.1 Å². The van der Waals surface area contributed by atoms with Crippen LogP contribution in [0, 0.1) is 0 Å². The quantitative estimate of drug-likeness (QED) is 0.809. The van der Waals surface area contributed by atoms with Crippen LogP contribution in [0.1, 0.15) is 29.3 Å². The number of nitrogens with zero attached hydrogens (tertiary/aromatic N) is 1. The maximum Gasteiger partial charge on any atom is 0.257 e. The van der Waals surface area contributed by atoms with Crippen LogP contribution in [0.4, 0.5) is 0 Å². The molecule has 0 unspecified atom stereocenters. The number of carbonyl (C=O) groups is 1. The minimum Gasteiger partial charge on any atom is -0.496 e. The summed E-state index contributed by atoms with van der Waals surface area (Å²) in [6, 6.07) is 9.44. The van der Waals surface area contributed by atoms with Gasteiger partial charge in [-0.15, -0.1) is 0 Å². The zero-order valence-corrected chi connectivity index (χ0v) is 12.7. The van der Waals surface area contributed by atoms with E-state index in [-0.39, 0.29) is 5.91 Å². The first-order valence-electron chi connectivity index (χ1n) is 6.69. The van der Waals surface area contributed by atoms with Crippen molar-refractivity contribution in [1.82, 2.24) is 4.90 Å². The number of benzene rings is 1. The van der Waals surface area contributed by atoms with E-state index in [0.29, 0.717) is 17.9 Å². The summed E-state index contributed by atoms with van der Waals surface area (Å²) in [7, 11) is 1.59. The molecule has 1 amide bonds. The van der Waals surface area contributed by atoms with Gasteiger partial charge in [0.25, 0.3) is 5.91 Å². The highest BCUT2D eigenvalue weighted by Gasteiger charge is 2.18. The van der Waals surface area contributed by atoms with Crippen LogP contribution >= 0.6 is 11.3 Å². The van der Waals surface area contributed by atoms with E-state index in [0.717, 1.165) is 13.0 Å². The number of thiophene rings is 1. The Bertz CT molecular complexity index is 551. The molecule has 0 bridgehead atoms. The van der Waals surface area contributed by atoms with Crippen molar-refractivity contribution >= 4 is 17.2 Å². The molecule has 3 nitrogen and oxygen atoms in total. The number of carbonyl (C=O) groups excluding carboxylic acids is 1. The van der Waals surface area contributed by atoms with E-state index < -0.39 is 0 Å². The van der Waals surface area contributed by atoms with Gasteiger partial charge in [0.1, 0.15) is 5.75 Å². The second kappa shape index (κ2) is 7.10. The molecule has 1 aromatic heterocycles. The number of hydrogen-bond acceptors (Lipinski definition) is 3. The fourth-order valence-electron chi connectivity index (χ4n) is 2.12. The molecule has 0 aliphatic heterocycles. The molecule has 0 radical (unpaired) electrons. The lowest BCUT2D eigenvalue weighted by Crippen LogP contribution is -2.31. The minimum absolute atomic E-state index is 0.0236. The third-order valence-corrected chi connectivity index (χ3v) is 3.80. The van der Waals surface area contributed by atoms with Gasteiger partial charge in [-0.2, -0.15) is 11.3 Å². The van der Waals surface area contributed by atoms with Gasteiger partial charge in [-0.05, 0) is 40.9 Å². The van der Waals surface area contributed by atoms with Crippen molar-refractivity contribution in [2.45, 2.75) is 19.9 Å². The first kappa shape index (κ1) is 14.6. The average Bonchev–Trinajstić information content (AvgIpc) is 2.99. The molecule has 20 heavy (non-hydrogen) atoms. The predicted octanol–water partition coefficient (Wildman–Crippen LogP) is 3.81. The predicted molar refractivity (Wildman–Crippen MR) is 82.3 cm³/mol. The van der Waals surface area contributed by atoms with Crippen molar-refractivity contribution in [2.24, 2.45) is 0 Å². The Labute approximate surface area is 123 Å². The maximum absolute atomic E-state index is 12.7. The summed E-state index contributed by atoms with van der Waals surface area (Å²) in [6.45, 7) is 3.47. The summed E-state index contributed by atoms with van der Waals surface area (Å²) in [5, 5.41) is 4.12. The van der Waals surface area contributed by atoms with Crippen LogP contribution in [-0.2, 0) is 6.54 Å². The lowest BCUT2D eigenvalue weighted by Gasteiger charge is -2.22. The maximum atomic E-state index is 12.7. The van der Waals surface area contributed by atoms with Crippen LogP contribution < -0.4 is 4.74 Å². The molecular weight excluding hydrogens is 270 g/mol. The Hall–Kier alpha value is -1.81. The van der Waals surface area contributed by atoms with E-state index in [9.17, 15) is 4.79 Å². The number of amides is 1. The summed E-state index contributed by atoms with van der Waals surface area (Å²) < 4.78 is 5.28. The van der Waals surface area contributed by atoms with Gasteiger partial charge < -0.3 is 9.64 Å². The molecule has 0 atom stereocenters. The number of ether oxygens (including phenoxy) is 1. The number of methoxy groups -OCH3 is 1. The average molecular weight is 289 g/mol. The Balaban J connectivity index is 2.22. The molecule has 0 N–H and O–H groups in total. The standard InChI is InChI=1S/C16H19NO2S/c1-3-9-17(11-13-8-10-20-12-13)16(18)14-6-4-5-7-15(14)19-2/h4-8,10,12H,3,9,11H2,1-2H3. The van der Waals surface area contributed by atoms with Crippen molar-refractivity contribution in [3.05, 3.63) is 52.2 Å². The number of rotatable bonds is 6. The monoisotopic (exact) mass is 289 g/mol. The van der Waals surface area contributed by atoms with Gasteiger partial charge in [0.2, 0.25) is 0 Å². The normalized spacial score (nSPS) is 10.3. The van der Waals surface area contributed by atoms with Crippen LogP contribution in [0.2, 0.25) is 0 Å². The van der Waals surface area contributed by atoms with E-state index in [1.54, 1.807) is 18.4 Å². The molecular formula is C16H19NO2S. The first-order valence-corrected chi connectivity index (χ1v) is 7.64. The van der Waals surface area contributed by atoms with Crippen LogP contribution in [0.3, 0.4) is 0 Å².